The summed E-state index contributed by atoms with van der Waals surface area (Å²) in [5.74, 6) is 0. The molecule has 3 nitrogen and oxygen atoms in total. The lowest BCUT2D eigenvalue weighted by Gasteiger charge is -2.10. The number of ether oxygens (including phenoxy) is 1. The van der Waals surface area contributed by atoms with E-state index in [1.165, 1.54) is 10.8 Å². The SMILES string of the molecule is CCOC(C)c1cc2c(cn1)[nH]c1ccccc12. The summed E-state index contributed by atoms with van der Waals surface area (Å²) in [6.45, 7) is 4.74. The molecule has 1 aromatic carbocycles. The summed E-state index contributed by atoms with van der Waals surface area (Å²) in [5, 5.41) is 2.45. The summed E-state index contributed by atoms with van der Waals surface area (Å²) >= 11 is 0. The molecule has 3 rings (SSSR count). The van der Waals surface area contributed by atoms with Gasteiger partial charge in [0.15, 0.2) is 0 Å². The molecule has 92 valence electrons. The molecule has 0 saturated carbocycles. The Morgan fingerprint density at radius 3 is 2.89 bits per heavy atom. The van der Waals surface area contributed by atoms with Crippen LogP contribution in [-0.2, 0) is 4.74 Å². The minimum Gasteiger partial charge on any atom is -0.372 e. The van der Waals surface area contributed by atoms with Crippen LogP contribution < -0.4 is 0 Å². The summed E-state index contributed by atoms with van der Waals surface area (Å²) in [6.07, 6.45) is 1.92. The lowest BCUT2D eigenvalue weighted by Crippen LogP contribution is -2.01. The Morgan fingerprint density at radius 2 is 2.06 bits per heavy atom. The molecule has 18 heavy (non-hydrogen) atoms. The van der Waals surface area contributed by atoms with Gasteiger partial charge in [-0.05, 0) is 26.0 Å². The molecular formula is C15H16N2O. The van der Waals surface area contributed by atoms with Crippen LogP contribution in [0.15, 0.2) is 36.5 Å². The molecule has 0 bridgehead atoms. The number of para-hydroxylation sites is 1. The van der Waals surface area contributed by atoms with E-state index in [1.807, 2.05) is 26.1 Å². The van der Waals surface area contributed by atoms with E-state index in [0.717, 1.165) is 16.7 Å². The van der Waals surface area contributed by atoms with Gasteiger partial charge in [0.2, 0.25) is 0 Å². The number of aromatic amines is 1. The zero-order valence-corrected chi connectivity index (χ0v) is 10.6. The fourth-order valence-corrected chi connectivity index (χ4v) is 2.32. The highest BCUT2D eigenvalue weighted by Crippen LogP contribution is 2.27. The second-order valence-electron chi connectivity index (χ2n) is 4.42. The van der Waals surface area contributed by atoms with Gasteiger partial charge in [-0.15, -0.1) is 0 Å². The molecule has 2 heterocycles. The minimum absolute atomic E-state index is 0.0352. The quantitative estimate of drug-likeness (QED) is 0.755. The van der Waals surface area contributed by atoms with Gasteiger partial charge in [-0.2, -0.15) is 0 Å². The van der Waals surface area contributed by atoms with E-state index in [1.54, 1.807) is 0 Å². The normalized spacial score (nSPS) is 13.2. The molecule has 0 aliphatic heterocycles. The van der Waals surface area contributed by atoms with Gasteiger partial charge in [-0.1, -0.05) is 18.2 Å². The highest BCUT2D eigenvalue weighted by molar-refractivity contribution is 6.06. The van der Waals surface area contributed by atoms with Crippen LogP contribution in [0, 0.1) is 0 Å². The first kappa shape index (κ1) is 11.2. The average molecular weight is 240 g/mol. The molecule has 3 heteroatoms. The Morgan fingerprint density at radius 1 is 1.22 bits per heavy atom. The van der Waals surface area contributed by atoms with Gasteiger partial charge in [0.25, 0.3) is 0 Å². The van der Waals surface area contributed by atoms with Crippen molar-refractivity contribution in [1.82, 2.24) is 9.97 Å². The summed E-state index contributed by atoms with van der Waals surface area (Å²) in [6, 6.07) is 10.4. The fourth-order valence-electron chi connectivity index (χ4n) is 2.32. The lowest BCUT2D eigenvalue weighted by molar-refractivity contribution is 0.0735. The second kappa shape index (κ2) is 4.42. The van der Waals surface area contributed by atoms with Crippen molar-refractivity contribution in [3.8, 4) is 0 Å². The largest absolute Gasteiger partial charge is 0.372 e. The third kappa shape index (κ3) is 1.77. The molecule has 0 saturated heterocycles. The van der Waals surface area contributed by atoms with Crippen molar-refractivity contribution in [3.05, 3.63) is 42.2 Å². The first-order valence-corrected chi connectivity index (χ1v) is 6.27. The van der Waals surface area contributed by atoms with Crippen LogP contribution in [0.2, 0.25) is 0 Å². The van der Waals surface area contributed by atoms with Crippen LogP contribution in [0.3, 0.4) is 0 Å². The van der Waals surface area contributed by atoms with Gasteiger partial charge in [0.05, 0.1) is 23.5 Å². The van der Waals surface area contributed by atoms with Gasteiger partial charge in [-0.25, -0.2) is 0 Å². The molecule has 0 aliphatic rings. The van der Waals surface area contributed by atoms with Crippen LogP contribution in [-0.4, -0.2) is 16.6 Å². The topological polar surface area (TPSA) is 37.9 Å². The van der Waals surface area contributed by atoms with Crippen LogP contribution >= 0.6 is 0 Å². The summed E-state index contributed by atoms with van der Waals surface area (Å²) < 4.78 is 5.59. The highest BCUT2D eigenvalue weighted by atomic mass is 16.5. The van der Waals surface area contributed by atoms with Crippen LogP contribution in [0.5, 0.6) is 0 Å². The Kier molecular flexibility index (Phi) is 2.76. The Bertz CT molecular complexity index is 687. The van der Waals surface area contributed by atoms with E-state index in [2.05, 4.69) is 34.2 Å². The molecule has 3 aromatic rings. The number of pyridine rings is 1. The van der Waals surface area contributed by atoms with Crippen molar-refractivity contribution in [1.29, 1.82) is 0 Å². The molecule has 1 unspecified atom stereocenters. The molecule has 1 N–H and O–H groups in total. The van der Waals surface area contributed by atoms with Crippen LogP contribution in [0.25, 0.3) is 21.8 Å². The zero-order valence-electron chi connectivity index (χ0n) is 10.6. The van der Waals surface area contributed by atoms with Gasteiger partial charge in [-0.3, -0.25) is 4.98 Å². The molecule has 0 fully saturated rings. The first-order valence-electron chi connectivity index (χ1n) is 6.27. The number of aromatic nitrogens is 2. The number of fused-ring (bicyclic) bond motifs is 3. The van der Waals surface area contributed by atoms with Crippen molar-refractivity contribution < 1.29 is 4.74 Å². The van der Waals surface area contributed by atoms with Crippen molar-refractivity contribution in [2.75, 3.05) is 6.61 Å². The number of hydrogen-bond donors (Lipinski definition) is 1. The van der Waals surface area contributed by atoms with E-state index in [9.17, 15) is 0 Å². The molecule has 2 aromatic heterocycles. The summed E-state index contributed by atoms with van der Waals surface area (Å²) in [4.78, 5) is 7.84. The number of benzene rings is 1. The Labute approximate surface area is 106 Å². The van der Waals surface area contributed by atoms with Gasteiger partial charge in [0, 0.05) is 22.9 Å². The maximum Gasteiger partial charge on any atom is 0.0966 e. The van der Waals surface area contributed by atoms with Crippen molar-refractivity contribution >= 4 is 21.8 Å². The summed E-state index contributed by atoms with van der Waals surface area (Å²) in [5.41, 5.74) is 3.20. The standard InChI is InChI=1S/C15H16N2O/c1-3-18-10(2)14-8-12-11-6-4-5-7-13(11)17-15(12)9-16-14/h4-10,17H,3H2,1-2H3. The molecule has 0 spiro atoms. The lowest BCUT2D eigenvalue weighted by atomic mass is 10.1. The predicted molar refractivity (Wildman–Crippen MR) is 73.6 cm³/mol. The highest BCUT2D eigenvalue weighted by Gasteiger charge is 2.10. The minimum atomic E-state index is 0.0352. The van der Waals surface area contributed by atoms with E-state index < -0.39 is 0 Å². The summed E-state index contributed by atoms with van der Waals surface area (Å²) in [7, 11) is 0. The maximum atomic E-state index is 5.59. The first-order chi connectivity index (χ1) is 8.79. The van der Waals surface area contributed by atoms with Gasteiger partial charge in [0.1, 0.15) is 0 Å². The third-order valence-electron chi connectivity index (χ3n) is 3.24. The smallest absolute Gasteiger partial charge is 0.0966 e. The van der Waals surface area contributed by atoms with E-state index >= 15 is 0 Å². The zero-order chi connectivity index (χ0) is 12.5. The van der Waals surface area contributed by atoms with Crippen LogP contribution in [0.1, 0.15) is 25.6 Å². The molecule has 0 aliphatic carbocycles. The number of hydrogen-bond acceptors (Lipinski definition) is 2. The predicted octanol–water partition coefficient (Wildman–Crippen LogP) is 3.81. The molecule has 0 amide bonds. The van der Waals surface area contributed by atoms with E-state index in [-0.39, 0.29) is 6.10 Å². The Hall–Kier alpha value is -1.87. The van der Waals surface area contributed by atoms with Crippen molar-refractivity contribution in [3.63, 3.8) is 0 Å². The van der Waals surface area contributed by atoms with Crippen LogP contribution in [0.4, 0.5) is 0 Å². The number of H-pyrrole nitrogens is 1. The third-order valence-corrected chi connectivity index (χ3v) is 3.24. The molecule has 1 atom stereocenters. The monoisotopic (exact) mass is 240 g/mol. The maximum absolute atomic E-state index is 5.59. The van der Waals surface area contributed by atoms with Gasteiger partial charge < -0.3 is 9.72 Å². The number of nitrogens with zero attached hydrogens (tertiary/aromatic N) is 1. The van der Waals surface area contributed by atoms with E-state index in [0.29, 0.717) is 6.61 Å². The number of rotatable bonds is 3. The Balaban J connectivity index is 2.18. The van der Waals surface area contributed by atoms with Crippen molar-refractivity contribution in [2.24, 2.45) is 0 Å². The average Bonchev–Trinajstić information content (AvgIpc) is 2.76. The van der Waals surface area contributed by atoms with E-state index in [4.69, 9.17) is 4.74 Å². The second-order valence-corrected chi connectivity index (χ2v) is 4.42. The fraction of sp³-hybridized carbons (Fsp3) is 0.267. The van der Waals surface area contributed by atoms with Gasteiger partial charge >= 0.3 is 0 Å². The number of nitrogens with one attached hydrogen (secondary N) is 1. The van der Waals surface area contributed by atoms with Crippen molar-refractivity contribution in [2.45, 2.75) is 20.0 Å². The molecule has 0 radical (unpaired) electrons. The molecular weight excluding hydrogens is 224 g/mol.